The molecule has 0 saturated carbocycles. The standard InChI is InChI=1S/C18H28N2O/c1-3-10-19-14-11-15-6-4-7-16(12-14)20(15)17-8-5-9-18(13-17)21-2/h5,8-9,13-16,19H,3-4,6-7,10-12H2,1-2H3. The molecule has 1 N–H and O–H groups in total. The molecular weight excluding hydrogens is 260 g/mol. The van der Waals surface area contributed by atoms with E-state index in [1.807, 2.05) is 6.07 Å². The van der Waals surface area contributed by atoms with Crippen LogP contribution in [-0.2, 0) is 0 Å². The first-order chi connectivity index (χ1) is 10.3. The molecule has 0 aromatic heterocycles. The first kappa shape index (κ1) is 14.7. The Kier molecular flexibility index (Phi) is 4.69. The van der Waals surface area contributed by atoms with Gasteiger partial charge in [-0.3, -0.25) is 0 Å². The van der Waals surface area contributed by atoms with Crippen molar-refractivity contribution in [2.75, 3.05) is 18.6 Å². The molecule has 2 unspecified atom stereocenters. The number of hydrogen-bond donors (Lipinski definition) is 1. The average molecular weight is 288 g/mol. The van der Waals surface area contributed by atoms with Gasteiger partial charge < -0.3 is 15.0 Å². The van der Waals surface area contributed by atoms with Crippen LogP contribution in [0.4, 0.5) is 5.69 Å². The first-order valence-electron chi connectivity index (χ1n) is 8.47. The minimum atomic E-state index is 0.693. The van der Waals surface area contributed by atoms with Crippen molar-refractivity contribution in [3.05, 3.63) is 24.3 Å². The van der Waals surface area contributed by atoms with Crippen LogP contribution in [0.25, 0.3) is 0 Å². The number of ether oxygens (including phenoxy) is 1. The molecule has 3 heteroatoms. The van der Waals surface area contributed by atoms with E-state index < -0.39 is 0 Å². The Hall–Kier alpha value is -1.22. The number of rotatable bonds is 5. The fraction of sp³-hybridized carbons (Fsp3) is 0.667. The number of nitrogens with one attached hydrogen (secondary N) is 1. The highest BCUT2D eigenvalue weighted by atomic mass is 16.5. The highest BCUT2D eigenvalue weighted by Gasteiger charge is 2.38. The molecular formula is C18H28N2O. The van der Waals surface area contributed by atoms with Gasteiger partial charge in [-0.15, -0.1) is 0 Å². The van der Waals surface area contributed by atoms with Crippen LogP contribution in [0.3, 0.4) is 0 Å². The quantitative estimate of drug-likeness (QED) is 0.896. The Morgan fingerprint density at radius 2 is 2.00 bits per heavy atom. The van der Waals surface area contributed by atoms with E-state index in [1.54, 1.807) is 7.11 Å². The Balaban J connectivity index is 1.76. The number of nitrogens with zero attached hydrogens (tertiary/aromatic N) is 1. The maximum Gasteiger partial charge on any atom is 0.120 e. The SMILES string of the molecule is CCCNC1CC2CCCC(C1)N2c1cccc(OC)c1. The van der Waals surface area contributed by atoms with Crippen LogP contribution < -0.4 is 15.0 Å². The predicted molar refractivity (Wildman–Crippen MR) is 88.2 cm³/mol. The molecule has 2 saturated heterocycles. The van der Waals surface area contributed by atoms with Gasteiger partial charge in [0.25, 0.3) is 0 Å². The van der Waals surface area contributed by atoms with Gasteiger partial charge in [0.2, 0.25) is 0 Å². The third kappa shape index (κ3) is 3.18. The van der Waals surface area contributed by atoms with E-state index >= 15 is 0 Å². The Morgan fingerprint density at radius 3 is 2.67 bits per heavy atom. The second-order valence-electron chi connectivity index (χ2n) is 6.47. The zero-order valence-electron chi connectivity index (χ0n) is 13.3. The lowest BCUT2D eigenvalue weighted by Crippen LogP contribution is -2.56. The van der Waals surface area contributed by atoms with E-state index in [4.69, 9.17) is 4.74 Å². The van der Waals surface area contributed by atoms with Gasteiger partial charge in [-0.25, -0.2) is 0 Å². The zero-order chi connectivity index (χ0) is 14.7. The second-order valence-corrected chi connectivity index (χ2v) is 6.47. The van der Waals surface area contributed by atoms with Gasteiger partial charge in [0.15, 0.2) is 0 Å². The van der Waals surface area contributed by atoms with Gasteiger partial charge in [0.05, 0.1) is 7.11 Å². The molecule has 2 fully saturated rings. The summed E-state index contributed by atoms with van der Waals surface area (Å²) < 4.78 is 5.40. The van der Waals surface area contributed by atoms with Crippen LogP contribution in [0.5, 0.6) is 5.75 Å². The summed E-state index contributed by atoms with van der Waals surface area (Å²) in [5, 5.41) is 3.74. The Morgan fingerprint density at radius 1 is 1.24 bits per heavy atom. The molecule has 2 aliphatic rings. The van der Waals surface area contributed by atoms with E-state index in [0.29, 0.717) is 18.1 Å². The summed E-state index contributed by atoms with van der Waals surface area (Å²) in [5.41, 5.74) is 1.35. The number of benzene rings is 1. The van der Waals surface area contributed by atoms with Crippen molar-refractivity contribution in [1.82, 2.24) is 5.32 Å². The second kappa shape index (κ2) is 6.69. The van der Waals surface area contributed by atoms with Crippen LogP contribution in [0.1, 0.15) is 45.4 Å². The fourth-order valence-corrected chi connectivity index (χ4v) is 4.09. The summed E-state index contributed by atoms with van der Waals surface area (Å²) in [5.74, 6) is 0.969. The largest absolute Gasteiger partial charge is 0.497 e. The van der Waals surface area contributed by atoms with Crippen LogP contribution in [0.15, 0.2) is 24.3 Å². The molecule has 1 aromatic carbocycles. The van der Waals surface area contributed by atoms with Crippen molar-refractivity contribution in [3.63, 3.8) is 0 Å². The van der Waals surface area contributed by atoms with Gasteiger partial charge in [-0.1, -0.05) is 13.0 Å². The molecule has 2 atom stereocenters. The average Bonchev–Trinajstić information content (AvgIpc) is 2.52. The van der Waals surface area contributed by atoms with Crippen molar-refractivity contribution in [2.45, 2.75) is 63.6 Å². The van der Waals surface area contributed by atoms with Crippen LogP contribution >= 0.6 is 0 Å². The number of fused-ring (bicyclic) bond motifs is 2. The highest BCUT2D eigenvalue weighted by Crippen LogP contribution is 2.38. The molecule has 3 nitrogen and oxygen atoms in total. The lowest BCUT2D eigenvalue weighted by molar-refractivity contribution is 0.246. The number of hydrogen-bond acceptors (Lipinski definition) is 3. The van der Waals surface area contributed by atoms with Gasteiger partial charge in [-0.2, -0.15) is 0 Å². The van der Waals surface area contributed by atoms with Gasteiger partial charge in [0.1, 0.15) is 5.75 Å². The Labute approximate surface area is 128 Å². The van der Waals surface area contributed by atoms with Crippen molar-refractivity contribution >= 4 is 5.69 Å². The molecule has 116 valence electrons. The smallest absolute Gasteiger partial charge is 0.120 e. The monoisotopic (exact) mass is 288 g/mol. The highest BCUT2D eigenvalue weighted by molar-refractivity contribution is 5.53. The van der Waals surface area contributed by atoms with Crippen molar-refractivity contribution in [1.29, 1.82) is 0 Å². The molecule has 3 rings (SSSR count). The number of piperidine rings is 2. The molecule has 2 bridgehead atoms. The normalized spacial score (nSPS) is 28.5. The molecule has 1 aromatic rings. The first-order valence-corrected chi connectivity index (χ1v) is 8.47. The summed E-state index contributed by atoms with van der Waals surface area (Å²) in [7, 11) is 1.75. The Bertz CT molecular complexity index is 448. The predicted octanol–water partition coefficient (Wildman–Crippen LogP) is 3.58. The third-order valence-electron chi connectivity index (χ3n) is 5.01. The van der Waals surface area contributed by atoms with Crippen LogP contribution in [0.2, 0.25) is 0 Å². The molecule has 2 heterocycles. The van der Waals surface area contributed by atoms with Gasteiger partial charge in [0, 0.05) is 29.9 Å². The molecule has 0 radical (unpaired) electrons. The zero-order valence-corrected chi connectivity index (χ0v) is 13.3. The van der Waals surface area contributed by atoms with Crippen molar-refractivity contribution < 1.29 is 4.74 Å². The van der Waals surface area contributed by atoms with Crippen molar-refractivity contribution in [2.24, 2.45) is 0 Å². The lowest BCUT2D eigenvalue weighted by Gasteiger charge is -2.50. The summed E-state index contributed by atoms with van der Waals surface area (Å²) in [6.07, 6.45) is 7.85. The summed E-state index contributed by atoms with van der Waals surface area (Å²) in [6.45, 7) is 3.41. The minimum absolute atomic E-state index is 0.693. The van der Waals surface area contributed by atoms with E-state index in [0.717, 1.165) is 12.3 Å². The van der Waals surface area contributed by atoms with Gasteiger partial charge in [-0.05, 0) is 57.2 Å². The molecule has 0 spiro atoms. The fourth-order valence-electron chi connectivity index (χ4n) is 4.09. The van der Waals surface area contributed by atoms with E-state index in [1.165, 1.54) is 44.2 Å². The van der Waals surface area contributed by atoms with E-state index in [9.17, 15) is 0 Å². The maximum atomic E-state index is 5.40. The molecule has 21 heavy (non-hydrogen) atoms. The van der Waals surface area contributed by atoms with Gasteiger partial charge >= 0.3 is 0 Å². The number of anilines is 1. The number of methoxy groups -OCH3 is 1. The van der Waals surface area contributed by atoms with Crippen LogP contribution in [-0.4, -0.2) is 31.8 Å². The van der Waals surface area contributed by atoms with E-state index in [-0.39, 0.29) is 0 Å². The third-order valence-corrected chi connectivity index (χ3v) is 5.01. The van der Waals surface area contributed by atoms with Crippen molar-refractivity contribution in [3.8, 4) is 5.75 Å². The van der Waals surface area contributed by atoms with Crippen LogP contribution in [0, 0.1) is 0 Å². The summed E-state index contributed by atoms with van der Waals surface area (Å²) >= 11 is 0. The molecule has 0 aliphatic carbocycles. The summed E-state index contributed by atoms with van der Waals surface area (Å²) in [6, 6.07) is 10.7. The maximum absolute atomic E-state index is 5.40. The molecule has 0 amide bonds. The lowest BCUT2D eigenvalue weighted by atomic mass is 9.81. The summed E-state index contributed by atoms with van der Waals surface area (Å²) in [4.78, 5) is 2.68. The minimum Gasteiger partial charge on any atom is -0.497 e. The van der Waals surface area contributed by atoms with E-state index in [2.05, 4.69) is 35.3 Å². The topological polar surface area (TPSA) is 24.5 Å². The molecule has 2 aliphatic heterocycles.